The number of unbranched alkanes of at least 4 members (excludes halogenated alkanes) is 12. The van der Waals surface area contributed by atoms with Gasteiger partial charge in [-0.2, -0.15) is 0 Å². The molecule has 0 aliphatic carbocycles. The van der Waals surface area contributed by atoms with E-state index in [2.05, 4.69) is 4.18 Å². The summed E-state index contributed by atoms with van der Waals surface area (Å²) in [7, 11) is -4.51. The van der Waals surface area contributed by atoms with Crippen LogP contribution in [0.3, 0.4) is 0 Å². The number of carbonyl (C=O) groups is 1. The Hall–Kier alpha value is 0.540. The third-order valence-electron chi connectivity index (χ3n) is 4.22. The molecule has 7 heteroatoms. The van der Waals surface area contributed by atoms with Crippen LogP contribution in [0.4, 0.5) is 0 Å². The average Bonchev–Trinajstić information content (AvgIpc) is 2.53. The number of ketones is 1. The quantitative estimate of drug-likeness (QED) is 0.155. The van der Waals surface area contributed by atoms with Gasteiger partial charge in [-0.25, -0.2) is 8.42 Å². The number of carbonyl (C=O) groups excluding carboxylic acids is 1. The Morgan fingerprint density at radius 2 is 1.12 bits per heavy atom. The van der Waals surface area contributed by atoms with Gasteiger partial charge in [-0.3, -0.25) is 8.98 Å². The second kappa shape index (κ2) is 19.3. The molecule has 0 amide bonds. The molecule has 0 aromatic heterocycles. The van der Waals surface area contributed by atoms with Crippen molar-refractivity contribution in [1.29, 1.82) is 0 Å². The molecule has 5 nitrogen and oxygen atoms in total. The van der Waals surface area contributed by atoms with Gasteiger partial charge in [0.05, 0.1) is 6.61 Å². The van der Waals surface area contributed by atoms with E-state index in [1.807, 2.05) is 6.92 Å². The maximum Gasteiger partial charge on any atom is 1.00 e. The van der Waals surface area contributed by atoms with Crippen LogP contribution in [0.5, 0.6) is 0 Å². The molecule has 0 fully saturated rings. The van der Waals surface area contributed by atoms with Crippen LogP contribution in [0, 0.1) is 0 Å². The molecule has 0 aliphatic rings. The maximum absolute atomic E-state index is 11.1. The van der Waals surface area contributed by atoms with Crippen molar-refractivity contribution in [1.82, 2.24) is 0 Å². The molecule has 0 aromatic carbocycles. The zero-order valence-corrected chi connectivity index (χ0v) is 19.1. The van der Waals surface area contributed by atoms with Crippen LogP contribution in [0.2, 0.25) is 0 Å². The normalized spacial score (nSPS) is 11.3. The molecule has 0 spiro atoms. The van der Waals surface area contributed by atoms with Gasteiger partial charge in [-0.15, -0.1) is 0 Å². The van der Waals surface area contributed by atoms with Crippen molar-refractivity contribution in [3.8, 4) is 0 Å². The summed E-state index contributed by atoms with van der Waals surface area (Å²) in [4.78, 5) is 11.1. The number of hydrogen-bond donors (Lipinski definition) is 0. The van der Waals surface area contributed by atoms with E-state index in [1.165, 1.54) is 51.4 Å². The Bertz CT molecular complexity index is 398. The van der Waals surface area contributed by atoms with Crippen LogP contribution in [0.15, 0.2) is 0 Å². The Morgan fingerprint density at radius 1 is 0.760 bits per heavy atom. The third kappa shape index (κ3) is 24.5. The molecule has 0 radical (unpaired) electrons. The van der Waals surface area contributed by atoms with Crippen LogP contribution in [-0.2, 0) is 19.4 Å². The van der Waals surface area contributed by atoms with Crippen molar-refractivity contribution in [2.45, 2.75) is 103 Å². The van der Waals surface area contributed by atoms with Gasteiger partial charge < -0.3 is 4.55 Å². The monoisotopic (exact) mass is 386 g/mol. The fraction of sp³-hybridized carbons (Fsp3) is 0.944. The molecule has 144 valence electrons. The van der Waals surface area contributed by atoms with E-state index < -0.39 is 10.4 Å². The summed E-state index contributed by atoms with van der Waals surface area (Å²) in [5.41, 5.74) is 0. The summed E-state index contributed by atoms with van der Waals surface area (Å²) >= 11 is 0. The van der Waals surface area contributed by atoms with E-state index in [0.717, 1.165) is 32.1 Å². The first-order chi connectivity index (χ1) is 11.5. The molecule has 0 rings (SSSR count). The molecule has 0 atom stereocenters. The van der Waals surface area contributed by atoms with Gasteiger partial charge in [0.15, 0.2) is 0 Å². The van der Waals surface area contributed by atoms with E-state index in [1.54, 1.807) is 0 Å². The Balaban J connectivity index is 0. The minimum Gasteiger partial charge on any atom is -0.726 e. The molecule has 0 bridgehead atoms. The Morgan fingerprint density at radius 3 is 1.48 bits per heavy atom. The predicted octanol–water partition coefficient (Wildman–Crippen LogP) is 1.91. The van der Waals surface area contributed by atoms with Gasteiger partial charge >= 0.3 is 29.6 Å². The fourth-order valence-corrected chi connectivity index (χ4v) is 3.03. The Labute approximate surface area is 176 Å². The Kier molecular flexibility index (Phi) is 21.4. The van der Waals surface area contributed by atoms with Crippen molar-refractivity contribution in [3.05, 3.63) is 0 Å². The van der Waals surface area contributed by atoms with E-state index in [9.17, 15) is 17.8 Å². The number of rotatable bonds is 18. The van der Waals surface area contributed by atoms with E-state index in [-0.39, 0.29) is 36.2 Å². The van der Waals surface area contributed by atoms with Crippen molar-refractivity contribution >= 4 is 16.2 Å². The fourth-order valence-electron chi connectivity index (χ4n) is 2.71. The number of hydrogen-bond acceptors (Lipinski definition) is 5. The van der Waals surface area contributed by atoms with Crippen molar-refractivity contribution in [2.75, 3.05) is 6.61 Å². The zero-order chi connectivity index (χ0) is 18.1. The van der Waals surface area contributed by atoms with Crippen LogP contribution in [-0.4, -0.2) is 25.4 Å². The minimum atomic E-state index is -4.51. The summed E-state index contributed by atoms with van der Waals surface area (Å²) in [5, 5.41) is 0. The summed E-state index contributed by atoms with van der Waals surface area (Å²) in [6.45, 7) is 1.94. The van der Waals surface area contributed by atoms with Crippen LogP contribution in [0.25, 0.3) is 0 Å². The molecule has 25 heavy (non-hydrogen) atoms. The van der Waals surface area contributed by atoms with Gasteiger partial charge in [0, 0.05) is 12.8 Å². The van der Waals surface area contributed by atoms with Crippen LogP contribution < -0.4 is 29.6 Å². The molecule has 0 N–H and O–H groups in total. The van der Waals surface area contributed by atoms with E-state index >= 15 is 0 Å². The van der Waals surface area contributed by atoms with Crippen LogP contribution >= 0.6 is 0 Å². The zero-order valence-electron chi connectivity index (χ0n) is 16.3. The van der Waals surface area contributed by atoms with Crippen molar-refractivity contribution in [2.24, 2.45) is 0 Å². The topological polar surface area (TPSA) is 83.5 Å². The second-order valence-electron chi connectivity index (χ2n) is 6.47. The molecular formula is C18H35NaO5S. The van der Waals surface area contributed by atoms with Gasteiger partial charge in [0.2, 0.25) is 10.4 Å². The summed E-state index contributed by atoms with van der Waals surface area (Å²) < 4.78 is 34.8. The summed E-state index contributed by atoms with van der Waals surface area (Å²) in [6, 6.07) is 0. The van der Waals surface area contributed by atoms with Gasteiger partial charge in [-0.05, 0) is 12.8 Å². The van der Waals surface area contributed by atoms with E-state index in [0.29, 0.717) is 18.6 Å². The minimum absolute atomic E-state index is 0. The molecule has 0 saturated carbocycles. The standard InChI is InChI=1S/C18H36O5S.Na/c1-2-18(19)16-14-12-10-8-6-4-3-5-7-9-11-13-15-17-23-24(20,21)22;/h2-17H2,1H3,(H,20,21,22);/q;+1/p-1. The largest absolute Gasteiger partial charge is 1.00 e. The second-order valence-corrected chi connectivity index (χ2v) is 7.52. The van der Waals surface area contributed by atoms with Gasteiger partial charge in [0.1, 0.15) is 5.78 Å². The average molecular weight is 387 g/mol. The van der Waals surface area contributed by atoms with Gasteiger partial charge in [-0.1, -0.05) is 77.6 Å². The van der Waals surface area contributed by atoms with Crippen LogP contribution in [0.1, 0.15) is 103 Å². The molecule has 0 unspecified atom stereocenters. The van der Waals surface area contributed by atoms with Crippen molar-refractivity contribution < 1.29 is 51.5 Å². The molecule has 0 heterocycles. The molecule has 0 saturated heterocycles. The first-order valence-electron chi connectivity index (χ1n) is 9.57. The SMILES string of the molecule is CCC(=O)CCCCCCCCCCCCCCCOS(=O)(=O)[O-].[Na+]. The summed E-state index contributed by atoms with van der Waals surface area (Å²) in [6.07, 6.45) is 16.3. The molecule has 0 aromatic rings. The maximum atomic E-state index is 11.1. The molecular weight excluding hydrogens is 351 g/mol. The predicted molar refractivity (Wildman–Crippen MR) is 95.6 cm³/mol. The third-order valence-corrected chi connectivity index (χ3v) is 4.68. The molecule has 0 aliphatic heterocycles. The first-order valence-corrected chi connectivity index (χ1v) is 10.9. The first kappa shape index (κ1) is 27.8. The summed E-state index contributed by atoms with van der Waals surface area (Å²) in [5.74, 6) is 0.387. The van der Waals surface area contributed by atoms with Crippen molar-refractivity contribution in [3.63, 3.8) is 0 Å². The smallest absolute Gasteiger partial charge is 0.726 e. The number of Topliss-reactive ketones (excluding diaryl/α,β-unsaturated/α-hetero) is 1. The van der Waals surface area contributed by atoms with E-state index in [4.69, 9.17) is 0 Å². The van der Waals surface area contributed by atoms with Gasteiger partial charge in [0.25, 0.3) is 0 Å².